The van der Waals surface area contributed by atoms with Crippen LogP contribution in [0.5, 0.6) is 5.75 Å². The molecular formula is C24H22N2O4S. The second kappa shape index (κ2) is 8.28. The third-order valence-electron chi connectivity index (χ3n) is 5.08. The first-order valence-corrected chi connectivity index (χ1v) is 11.2. The average Bonchev–Trinajstić information content (AvgIpc) is 2.77. The van der Waals surface area contributed by atoms with Gasteiger partial charge in [0.05, 0.1) is 19.3 Å². The summed E-state index contributed by atoms with van der Waals surface area (Å²) in [4.78, 5) is 12.8. The van der Waals surface area contributed by atoms with Gasteiger partial charge in [-0.15, -0.1) is 0 Å². The van der Waals surface area contributed by atoms with E-state index in [9.17, 15) is 13.2 Å². The van der Waals surface area contributed by atoms with E-state index in [2.05, 4.69) is 5.32 Å². The normalized spacial score (nSPS) is 16.1. The van der Waals surface area contributed by atoms with E-state index in [1.165, 1.54) is 10.5 Å². The number of ketones is 1. The number of para-hydroxylation sites is 1. The van der Waals surface area contributed by atoms with E-state index in [0.29, 0.717) is 22.7 Å². The summed E-state index contributed by atoms with van der Waals surface area (Å²) in [6, 6.07) is 21.4. The van der Waals surface area contributed by atoms with Gasteiger partial charge < -0.3 is 10.1 Å². The third kappa shape index (κ3) is 4.04. The molecule has 0 unspecified atom stereocenters. The van der Waals surface area contributed by atoms with Gasteiger partial charge in [0.2, 0.25) is 5.78 Å². The van der Waals surface area contributed by atoms with E-state index < -0.39 is 15.8 Å². The fraction of sp³-hybridized carbons (Fsp3) is 0.125. The molecule has 1 aliphatic heterocycles. The number of nitrogens with zero attached hydrogens (tertiary/aromatic N) is 1. The minimum atomic E-state index is -4.06. The van der Waals surface area contributed by atoms with E-state index in [1.807, 2.05) is 31.2 Å². The van der Waals surface area contributed by atoms with Crippen LogP contribution in [0.2, 0.25) is 0 Å². The molecule has 0 atom stereocenters. The summed E-state index contributed by atoms with van der Waals surface area (Å²) in [5.74, 6) is 0.148. The molecular weight excluding hydrogens is 412 g/mol. The molecule has 158 valence electrons. The van der Waals surface area contributed by atoms with Crippen LogP contribution in [0.4, 0.5) is 11.4 Å². The van der Waals surface area contributed by atoms with Crippen molar-refractivity contribution in [2.75, 3.05) is 16.7 Å². The molecule has 3 aromatic rings. The second-order valence-electron chi connectivity index (χ2n) is 7.23. The van der Waals surface area contributed by atoms with Crippen molar-refractivity contribution < 1.29 is 17.9 Å². The van der Waals surface area contributed by atoms with Gasteiger partial charge in [-0.05, 0) is 48.9 Å². The van der Waals surface area contributed by atoms with Crippen molar-refractivity contribution in [2.24, 2.45) is 0 Å². The summed E-state index contributed by atoms with van der Waals surface area (Å²) < 4.78 is 33.4. The Hall–Kier alpha value is -3.58. The summed E-state index contributed by atoms with van der Waals surface area (Å²) in [6.07, 6.45) is 1.26. The lowest BCUT2D eigenvalue weighted by atomic mass is 10.1. The number of Topliss-reactive ketones (excluding diaryl/α,β-unsaturated/α-hetero) is 1. The molecule has 31 heavy (non-hydrogen) atoms. The van der Waals surface area contributed by atoms with Crippen molar-refractivity contribution in [1.82, 2.24) is 0 Å². The van der Waals surface area contributed by atoms with Gasteiger partial charge in [0.1, 0.15) is 5.75 Å². The molecule has 0 radical (unpaired) electrons. The number of hydrogen-bond donors (Lipinski definition) is 1. The minimum Gasteiger partial charge on any atom is -0.497 e. The summed E-state index contributed by atoms with van der Waals surface area (Å²) in [6.45, 7) is 2.09. The molecule has 1 aliphatic rings. The van der Waals surface area contributed by atoms with Crippen LogP contribution in [-0.2, 0) is 16.6 Å². The van der Waals surface area contributed by atoms with Crippen molar-refractivity contribution in [3.63, 3.8) is 0 Å². The molecule has 0 saturated heterocycles. The van der Waals surface area contributed by atoms with Crippen LogP contribution in [0.15, 0.2) is 83.9 Å². The molecule has 6 nitrogen and oxygen atoms in total. The van der Waals surface area contributed by atoms with Crippen LogP contribution in [0, 0.1) is 6.92 Å². The van der Waals surface area contributed by atoms with Gasteiger partial charge in [-0.25, -0.2) is 8.42 Å². The summed E-state index contributed by atoms with van der Waals surface area (Å²) in [5.41, 5.74) is 3.26. The molecule has 0 amide bonds. The average molecular weight is 435 g/mol. The fourth-order valence-corrected chi connectivity index (χ4v) is 5.03. The fourth-order valence-electron chi connectivity index (χ4n) is 3.50. The highest BCUT2D eigenvalue weighted by atomic mass is 32.2. The molecule has 0 spiro atoms. The Labute approximate surface area is 181 Å². The molecule has 0 aromatic heterocycles. The number of carbonyl (C=O) groups excluding carboxylic acids is 1. The molecule has 1 heterocycles. The molecule has 0 fully saturated rings. The maximum absolute atomic E-state index is 13.5. The van der Waals surface area contributed by atoms with E-state index >= 15 is 0 Å². The number of aryl methyl sites for hydroxylation is 1. The van der Waals surface area contributed by atoms with E-state index in [1.54, 1.807) is 55.6 Å². The van der Waals surface area contributed by atoms with Gasteiger partial charge in [0, 0.05) is 17.5 Å². The quantitative estimate of drug-likeness (QED) is 0.599. The number of carbonyl (C=O) groups is 1. The Morgan fingerprint density at radius 1 is 1.00 bits per heavy atom. The predicted molar refractivity (Wildman–Crippen MR) is 122 cm³/mol. The molecule has 0 saturated carbocycles. The minimum absolute atomic E-state index is 0.133. The van der Waals surface area contributed by atoms with E-state index in [-0.39, 0.29) is 11.4 Å². The maximum atomic E-state index is 13.5. The van der Waals surface area contributed by atoms with Crippen LogP contribution < -0.4 is 14.4 Å². The zero-order chi connectivity index (χ0) is 22.0. The molecule has 0 bridgehead atoms. The van der Waals surface area contributed by atoms with Crippen LogP contribution in [0.25, 0.3) is 0 Å². The van der Waals surface area contributed by atoms with Gasteiger partial charge >= 0.3 is 0 Å². The largest absolute Gasteiger partial charge is 0.497 e. The lowest BCUT2D eigenvalue weighted by Crippen LogP contribution is -2.39. The highest BCUT2D eigenvalue weighted by molar-refractivity contribution is 7.97. The Morgan fingerprint density at radius 2 is 1.74 bits per heavy atom. The summed E-state index contributed by atoms with van der Waals surface area (Å²) >= 11 is 0. The maximum Gasteiger partial charge on any atom is 0.270 e. The Bertz CT molecular complexity index is 1260. The molecule has 7 heteroatoms. The number of hydrogen-bond acceptors (Lipinski definition) is 5. The Balaban J connectivity index is 1.75. The highest BCUT2D eigenvalue weighted by Crippen LogP contribution is 2.36. The first kappa shape index (κ1) is 20.7. The smallest absolute Gasteiger partial charge is 0.270 e. The van der Waals surface area contributed by atoms with Crippen LogP contribution in [-0.4, -0.2) is 21.3 Å². The number of rotatable bonds is 5. The number of allylic oxidation sites excluding steroid dienone is 1. The number of methoxy groups -OCH3 is 1. The SMILES string of the molecule is COc1ccc(N/C=C2\C(=O)c3ccccc3N(Cc3cccc(C)c3)S2(=O)=O)cc1. The van der Waals surface area contributed by atoms with E-state index in [4.69, 9.17) is 4.74 Å². The monoisotopic (exact) mass is 434 g/mol. The molecule has 0 aliphatic carbocycles. The zero-order valence-corrected chi connectivity index (χ0v) is 18.0. The van der Waals surface area contributed by atoms with Crippen molar-refractivity contribution in [3.8, 4) is 5.75 Å². The lowest BCUT2D eigenvalue weighted by Gasteiger charge is -2.31. The number of nitrogens with one attached hydrogen (secondary N) is 1. The number of ether oxygens (including phenoxy) is 1. The van der Waals surface area contributed by atoms with Crippen molar-refractivity contribution in [2.45, 2.75) is 13.5 Å². The number of anilines is 2. The van der Waals surface area contributed by atoms with E-state index in [0.717, 1.165) is 11.1 Å². The van der Waals surface area contributed by atoms with Crippen LogP contribution >= 0.6 is 0 Å². The molecule has 3 aromatic carbocycles. The van der Waals surface area contributed by atoms with Gasteiger partial charge in [-0.2, -0.15) is 0 Å². The molecule has 4 rings (SSSR count). The number of benzene rings is 3. The van der Waals surface area contributed by atoms with Gasteiger partial charge in [-0.1, -0.05) is 42.0 Å². The van der Waals surface area contributed by atoms with Crippen molar-refractivity contribution >= 4 is 27.2 Å². The Morgan fingerprint density at radius 3 is 2.45 bits per heavy atom. The first-order valence-electron chi connectivity index (χ1n) is 9.73. The van der Waals surface area contributed by atoms with Crippen molar-refractivity contribution in [3.05, 3.63) is 101 Å². The molecule has 1 N–H and O–H groups in total. The summed E-state index contributed by atoms with van der Waals surface area (Å²) in [7, 11) is -2.50. The van der Waals surface area contributed by atoms with Crippen LogP contribution in [0.3, 0.4) is 0 Å². The third-order valence-corrected chi connectivity index (χ3v) is 6.84. The van der Waals surface area contributed by atoms with Gasteiger partial charge in [0.15, 0.2) is 4.91 Å². The van der Waals surface area contributed by atoms with Gasteiger partial charge in [0.25, 0.3) is 10.0 Å². The Kier molecular flexibility index (Phi) is 5.52. The first-order chi connectivity index (χ1) is 14.9. The van der Waals surface area contributed by atoms with Crippen molar-refractivity contribution in [1.29, 1.82) is 0 Å². The lowest BCUT2D eigenvalue weighted by molar-refractivity contribution is 0.104. The number of fused-ring (bicyclic) bond motifs is 1. The highest BCUT2D eigenvalue weighted by Gasteiger charge is 2.40. The predicted octanol–water partition coefficient (Wildman–Crippen LogP) is 4.49. The van der Waals surface area contributed by atoms with Gasteiger partial charge in [-0.3, -0.25) is 9.10 Å². The summed E-state index contributed by atoms with van der Waals surface area (Å²) in [5, 5.41) is 2.93. The number of sulfonamides is 1. The second-order valence-corrected chi connectivity index (χ2v) is 9.06. The zero-order valence-electron chi connectivity index (χ0n) is 17.2. The topological polar surface area (TPSA) is 75.7 Å². The standard InChI is InChI=1S/C24H22N2O4S/c1-17-6-5-7-18(14-17)16-26-22-9-4-3-8-21(22)24(27)23(31(26,28)29)15-25-19-10-12-20(30-2)13-11-19/h3-15,25H,16H2,1-2H3/b23-15+. The van der Waals surface area contributed by atoms with Crippen LogP contribution in [0.1, 0.15) is 21.5 Å².